The van der Waals surface area contributed by atoms with E-state index in [1.165, 1.54) is 6.20 Å². The Labute approximate surface area is 108 Å². The highest BCUT2D eigenvalue weighted by molar-refractivity contribution is 5.60. The van der Waals surface area contributed by atoms with E-state index in [9.17, 15) is 5.11 Å². The first-order valence-corrected chi connectivity index (χ1v) is 5.68. The van der Waals surface area contributed by atoms with Gasteiger partial charge >= 0.3 is 0 Å². The Hall–Kier alpha value is -2.76. The summed E-state index contributed by atoms with van der Waals surface area (Å²) in [5.74, 6) is 0.850. The molecule has 0 aromatic carbocycles. The summed E-state index contributed by atoms with van der Waals surface area (Å²) in [5, 5.41) is 13.6. The van der Waals surface area contributed by atoms with Gasteiger partial charge in [-0.05, 0) is 23.8 Å². The normalized spacial score (nSPS) is 10.5. The minimum absolute atomic E-state index is 0.0154. The summed E-state index contributed by atoms with van der Waals surface area (Å²) in [4.78, 5) is 12.0. The van der Waals surface area contributed by atoms with Crippen LogP contribution in [0.4, 0.5) is 0 Å². The van der Waals surface area contributed by atoms with Crippen molar-refractivity contribution in [3.05, 3.63) is 54.4 Å². The SMILES string of the molecule is Oc1cnccc1-c1nc(Cc2ccncc2)no1. The molecule has 0 saturated heterocycles. The van der Waals surface area contributed by atoms with Crippen molar-refractivity contribution in [2.75, 3.05) is 0 Å². The second-order valence-corrected chi connectivity index (χ2v) is 3.94. The van der Waals surface area contributed by atoms with Crippen molar-refractivity contribution < 1.29 is 9.63 Å². The molecule has 0 bridgehead atoms. The zero-order chi connectivity index (χ0) is 13.1. The summed E-state index contributed by atoms with van der Waals surface area (Å²) in [5.41, 5.74) is 1.52. The van der Waals surface area contributed by atoms with Crippen molar-refractivity contribution in [3.8, 4) is 17.2 Å². The van der Waals surface area contributed by atoms with Crippen LogP contribution in [0.3, 0.4) is 0 Å². The fourth-order valence-electron chi connectivity index (χ4n) is 1.69. The third-order valence-electron chi connectivity index (χ3n) is 2.61. The van der Waals surface area contributed by atoms with Crippen LogP contribution in [0, 0.1) is 0 Å². The maximum atomic E-state index is 9.66. The molecule has 0 aliphatic rings. The number of aromatic hydroxyl groups is 1. The van der Waals surface area contributed by atoms with Crippen LogP contribution >= 0.6 is 0 Å². The van der Waals surface area contributed by atoms with Crippen LogP contribution in [-0.4, -0.2) is 25.2 Å². The first kappa shape index (κ1) is 11.3. The lowest BCUT2D eigenvalue weighted by Crippen LogP contribution is -1.90. The number of hydrogen-bond acceptors (Lipinski definition) is 6. The molecule has 6 heteroatoms. The largest absolute Gasteiger partial charge is 0.505 e. The molecule has 0 spiro atoms. The van der Waals surface area contributed by atoms with Gasteiger partial charge in [0.1, 0.15) is 5.75 Å². The monoisotopic (exact) mass is 254 g/mol. The summed E-state index contributed by atoms with van der Waals surface area (Å²) in [6.07, 6.45) is 6.87. The maximum Gasteiger partial charge on any atom is 0.261 e. The average molecular weight is 254 g/mol. The molecule has 1 N–H and O–H groups in total. The van der Waals surface area contributed by atoms with Gasteiger partial charge in [-0.1, -0.05) is 5.16 Å². The fourth-order valence-corrected chi connectivity index (χ4v) is 1.69. The quantitative estimate of drug-likeness (QED) is 0.767. The maximum absolute atomic E-state index is 9.66. The van der Waals surface area contributed by atoms with Crippen LogP contribution in [-0.2, 0) is 6.42 Å². The van der Waals surface area contributed by atoms with Crippen LogP contribution in [0.5, 0.6) is 5.75 Å². The summed E-state index contributed by atoms with van der Waals surface area (Å²) < 4.78 is 5.14. The second-order valence-electron chi connectivity index (χ2n) is 3.94. The molecule has 6 nitrogen and oxygen atoms in total. The molecule has 0 radical (unpaired) electrons. The summed E-state index contributed by atoms with van der Waals surface area (Å²) in [6, 6.07) is 5.40. The van der Waals surface area contributed by atoms with E-state index in [2.05, 4.69) is 20.1 Å². The van der Waals surface area contributed by atoms with Crippen LogP contribution in [0.2, 0.25) is 0 Å². The molecule has 0 atom stereocenters. The minimum atomic E-state index is 0.0154. The molecule has 3 rings (SSSR count). The van der Waals surface area contributed by atoms with Crippen LogP contribution < -0.4 is 0 Å². The van der Waals surface area contributed by atoms with Crippen molar-refractivity contribution in [2.24, 2.45) is 0 Å². The fraction of sp³-hybridized carbons (Fsp3) is 0.0769. The summed E-state index contributed by atoms with van der Waals surface area (Å²) in [6.45, 7) is 0. The molecule has 0 aliphatic carbocycles. The molecule has 3 aromatic heterocycles. The highest BCUT2D eigenvalue weighted by Crippen LogP contribution is 2.26. The molecular formula is C13H10N4O2. The third kappa shape index (κ3) is 2.42. The average Bonchev–Trinajstić information content (AvgIpc) is 2.89. The number of pyridine rings is 2. The van der Waals surface area contributed by atoms with Gasteiger partial charge in [-0.25, -0.2) is 0 Å². The number of aromatic nitrogens is 4. The Balaban J connectivity index is 1.86. The predicted octanol–water partition coefficient (Wildman–Crippen LogP) is 1.82. The molecule has 94 valence electrons. The van der Waals surface area contributed by atoms with E-state index < -0.39 is 0 Å². The third-order valence-corrected chi connectivity index (χ3v) is 2.61. The lowest BCUT2D eigenvalue weighted by Gasteiger charge is -1.96. The molecule has 0 unspecified atom stereocenters. The lowest BCUT2D eigenvalue weighted by atomic mass is 10.2. The first-order valence-electron chi connectivity index (χ1n) is 5.68. The van der Waals surface area contributed by atoms with E-state index in [1.54, 1.807) is 24.7 Å². The predicted molar refractivity (Wildman–Crippen MR) is 66.2 cm³/mol. The number of nitrogens with zero attached hydrogens (tertiary/aromatic N) is 4. The molecule has 19 heavy (non-hydrogen) atoms. The molecular weight excluding hydrogens is 244 g/mol. The zero-order valence-electron chi connectivity index (χ0n) is 9.89. The zero-order valence-corrected chi connectivity index (χ0v) is 9.89. The molecule has 0 saturated carbocycles. The number of hydrogen-bond donors (Lipinski definition) is 1. The standard InChI is InChI=1S/C13H10N4O2/c18-11-8-15-6-3-10(11)13-16-12(17-19-13)7-9-1-4-14-5-2-9/h1-6,8,18H,7H2. The first-order chi connectivity index (χ1) is 9.33. The molecule has 0 aliphatic heterocycles. The highest BCUT2D eigenvalue weighted by atomic mass is 16.5. The van der Waals surface area contributed by atoms with E-state index >= 15 is 0 Å². The van der Waals surface area contributed by atoms with E-state index in [0.717, 1.165) is 5.56 Å². The van der Waals surface area contributed by atoms with Gasteiger partial charge in [-0.15, -0.1) is 0 Å². The molecule has 0 fully saturated rings. The Bertz CT molecular complexity index is 682. The minimum Gasteiger partial charge on any atom is -0.505 e. The topological polar surface area (TPSA) is 84.9 Å². The van der Waals surface area contributed by atoms with Gasteiger partial charge in [-0.2, -0.15) is 4.98 Å². The van der Waals surface area contributed by atoms with Gasteiger partial charge in [0.2, 0.25) is 0 Å². The lowest BCUT2D eigenvalue weighted by molar-refractivity contribution is 0.418. The van der Waals surface area contributed by atoms with Crippen molar-refractivity contribution in [1.82, 2.24) is 20.1 Å². The van der Waals surface area contributed by atoms with Crippen molar-refractivity contribution >= 4 is 0 Å². The van der Waals surface area contributed by atoms with E-state index in [0.29, 0.717) is 17.8 Å². The Morgan fingerprint density at radius 1 is 1.05 bits per heavy atom. The Kier molecular flexibility index (Phi) is 2.89. The smallest absolute Gasteiger partial charge is 0.261 e. The van der Waals surface area contributed by atoms with Gasteiger partial charge < -0.3 is 9.63 Å². The van der Waals surface area contributed by atoms with Gasteiger partial charge in [0.05, 0.1) is 11.8 Å². The molecule has 3 heterocycles. The Morgan fingerprint density at radius 2 is 1.84 bits per heavy atom. The van der Waals surface area contributed by atoms with Crippen LogP contribution in [0.1, 0.15) is 11.4 Å². The van der Waals surface area contributed by atoms with E-state index in [-0.39, 0.29) is 11.6 Å². The van der Waals surface area contributed by atoms with Crippen molar-refractivity contribution in [2.45, 2.75) is 6.42 Å². The Morgan fingerprint density at radius 3 is 2.63 bits per heavy atom. The summed E-state index contributed by atoms with van der Waals surface area (Å²) >= 11 is 0. The number of rotatable bonds is 3. The second kappa shape index (κ2) is 4.85. The van der Waals surface area contributed by atoms with Gasteiger partial charge in [-0.3, -0.25) is 9.97 Å². The van der Waals surface area contributed by atoms with Crippen LogP contribution in [0.15, 0.2) is 47.5 Å². The highest BCUT2D eigenvalue weighted by Gasteiger charge is 2.12. The van der Waals surface area contributed by atoms with Crippen LogP contribution in [0.25, 0.3) is 11.5 Å². The van der Waals surface area contributed by atoms with E-state index in [1.807, 2.05) is 12.1 Å². The molecule has 0 amide bonds. The van der Waals surface area contributed by atoms with Crippen molar-refractivity contribution in [1.29, 1.82) is 0 Å². The molecule has 3 aromatic rings. The van der Waals surface area contributed by atoms with Gasteiger partial charge in [0, 0.05) is 25.0 Å². The van der Waals surface area contributed by atoms with Gasteiger partial charge in [0.15, 0.2) is 5.82 Å². The van der Waals surface area contributed by atoms with E-state index in [4.69, 9.17) is 4.52 Å². The van der Waals surface area contributed by atoms with Crippen molar-refractivity contribution in [3.63, 3.8) is 0 Å². The summed E-state index contributed by atoms with van der Waals surface area (Å²) in [7, 11) is 0. The van der Waals surface area contributed by atoms with Gasteiger partial charge in [0.25, 0.3) is 5.89 Å².